The Morgan fingerprint density at radius 1 is 1.43 bits per heavy atom. The predicted molar refractivity (Wildman–Crippen MR) is 54.2 cm³/mol. The maximum atomic E-state index is 11.3. The molecule has 0 rings (SSSR count). The van der Waals surface area contributed by atoms with Crippen molar-refractivity contribution >= 4 is 23.5 Å². The molecule has 5 heteroatoms. The third-order valence-corrected chi connectivity index (χ3v) is 1.85. The number of ether oxygens (including phenoxy) is 1. The number of hydrogen-bond acceptors (Lipinski definition) is 3. The van der Waals surface area contributed by atoms with E-state index in [4.69, 9.17) is 16.3 Å². The fourth-order valence-corrected chi connectivity index (χ4v) is 1.09. The molecule has 0 saturated heterocycles. The second-order valence-electron chi connectivity index (χ2n) is 2.79. The van der Waals surface area contributed by atoms with Crippen molar-refractivity contribution in [2.75, 3.05) is 12.5 Å². The van der Waals surface area contributed by atoms with Crippen LogP contribution in [0.25, 0.3) is 0 Å². The Bertz CT molecular complexity index is 196. The largest absolute Gasteiger partial charge is 0.464 e. The van der Waals surface area contributed by atoms with Crippen LogP contribution in [0.5, 0.6) is 0 Å². The van der Waals surface area contributed by atoms with Gasteiger partial charge in [0.2, 0.25) is 5.91 Å². The van der Waals surface area contributed by atoms with E-state index >= 15 is 0 Å². The minimum Gasteiger partial charge on any atom is -0.464 e. The highest BCUT2D eigenvalue weighted by atomic mass is 35.5. The summed E-state index contributed by atoms with van der Waals surface area (Å²) in [5.41, 5.74) is 0. The number of amides is 1. The quantitative estimate of drug-likeness (QED) is 0.539. The van der Waals surface area contributed by atoms with E-state index < -0.39 is 12.0 Å². The van der Waals surface area contributed by atoms with E-state index in [0.717, 1.165) is 6.42 Å². The molecule has 0 aromatic rings. The predicted octanol–water partition coefficient (Wildman–Crippen LogP) is 1.07. The molecule has 0 saturated carbocycles. The van der Waals surface area contributed by atoms with Crippen molar-refractivity contribution in [3.63, 3.8) is 0 Å². The third kappa shape index (κ3) is 5.07. The van der Waals surface area contributed by atoms with Crippen LogP contribution in [0.15, 0.2) is 0 Å². The highest BCUT2D eigenvalue weighted by molar-refractivity contribution is 6.27. The van der Waals surface area contributed by atoms with Crippen LogP contribution in [-0.4, -0.2) is 30.4 Å². The first kappa shape index (κ1) is 13.2. The van der Waals surface area contributed by atoms with Gasteiger partial charge >= 0.3 is 5.97 Å². The number of rotatable bonds is 6. The molecule has 14 heavy (non-hydrogen) atoms. The van der Waals surface area contributed by atoms with E-state index in [-0.39, 0.29) is 11.8 Å². The van der Waals surface area contributed by atoms with Gasteiger partial charge in [-0.2, -0.15) is 0 Å². The van der Waals surface area contributed by atoms with Crippen LogP contribution in [0.2, 0.25) is 0 Å². The summed E-state index contributed by atoms with van der Waals surface area (Å²) in [6, 6.07) is -0.564. The van der Waals surface area contributed by atoms with Gasteiger partial charge in [-0.05, 0) is 13.3 Å². The lowest BCUT2D eigenvalue weighted by Gasteiger charge is -2.15. The molecule has 0 aliphatic heterocycles. The molecule has 0 spiro atoms. The number of esters is 1. The normalized spacial score (nSPS) is 11.9. The smallest absolute Gasteiger partial charge is 0.328 e. The molecule has 0 heterocycles. The maximum Gasteiger partial charge on any atom is 0.328 e. The summed E-state index contributed by atoms with van der Waals surface area (Å²) in [4.78, 5) is 22.3. The Morgan fingerprint density at radius 2 is 2.07 bits per heavy atom. The summed E-state index contributed by atoms with van der Waals surface area (Å²) < 4.78 is 4.81. The lowest BCUT2D eigenvalue weighted by Crippen LogP contribution is -2.42. The Hall–Kier alpha value is -0.770. The van der Waals surface area contributed by atoms with Gasteiger partial charge in [0, 0.05) is 0 Å². The lowest BCUT2D eigenvalue weighted by molar-refractivity contribution is -0.147. The van der Waals surface area contributed by atoms with Crippen LogP contribution in [0.1, 0.15) is 26.7 Å². The van der Waals surface area contributed by atoms with Crippen molar-refractivity contribution in [3.8, 4) is 0 Å². The Morgan fingerprint density at radius 3 is 2.50 bits per heavy atom. The average molecular weight is 222 g/mol. The zero-order valence-corrected chi connectivity index (χ0v) is 9.26. The van der Waals surface area contributed by atoms with E-state index in [2.05, 4.69) is 5.32 Å². The summed E-state index contributed by atoms with van der Waals surface area (Å²) >= 11 is 5.31. The van der Waals surface area contributed by atoms with Crippen molar-refractivity contribution < 1.29 is 14.3 Å². The van der Waals surface area contributed by atoms with Gasteiger partial charge in [0.05, 0.1) is 6.61 Å². The van der Waals surface area contributed by atoms with Gasteiger partial charge in [0.1, 0.15) is 11.9 Å². The molecule has 4 nitrogen and oxygen atoms in total. The van der Waals surface area contributed by atoms with Gasteiger partial charge in [-0.1, -0.05) is 13.3 Å². The van der Waals surface area contributed by atoms with Gasteiger partial charge in [0.15, 0.2) is 0 Å². The fraction of sp³-hybridized carbons (Fsp3) is 0.778. The van der Waals surface area contributed by atoms with Crippen molar-refractivity contribution in [2.24, 2.45) is 0 Å². The van der Waals surface area contributed by atoms with Gasteiger partial charge in [-0.25, -0.2) is 4.79 Å². The Balaban J connectivity index is 4.13. The molecule has 1 atom stereocenters. The highest BCUT2D eigenvalue weighted by Crippen LogP contribution is 1.99. The third-order valence-electron chi connectivity index (χ3n) is 1.61. The molecule has 82 valence electrons. The fourth-order valence-electron chi connectivity index (χ4n) is 1.01. The van der Waals surface area contributed by atoms with Crippen LogP contribution in [-0.2, 0) is 14.3 Å². The molecule has 1 N–H and O–H groups in total. The summed E-state index contributed by atoms with van der Waals surface area (Å²) in [7, 11) is 0. The maximum absolute atomic E-state index is 11.3. The zero-order valence-electron chi connectivity index (χ0n) is 8.51. The van der Waals surface area contributed by atoms with Gasteiger partial charge in [0.25, 0.3) is 0 Å². The molecule has 0 aromatic carbocycles. The summed E-state index contributed by atoms with van der Waals surface area (Å²) in [5.74, 6) is -0.884. The molecule has 0 aliphatic carbocycles. The van der Waals surface area contributed by atoms with Crippen molar-refractivity contribution in [1.29, 1.82) is 0 Å². The number of nitrogens with one attached hydrogen (secondary N) is 1. The highest BCUT2D eigenvalue weighted by Gasteiger charge is 2.20. The number of alkyl halides is 1. The topological polar surface area (TPSA) is 55.4 Å². The first-order valence-corrected chi connectivity index (χ1v) is 5.21. The molecule has 0 aromatic heterocycles. The molecular formula is C9H16ClNO3. The van der Waals surface area contributed by atoms with Crippen LogP contribution in [0, 0.1) is 0 Å². The van der Waals surface area contributed by atoms with E-state index in [1.807, 2.05) is 6.92 Å². The lowest BCUT2D eigenvalue weighted by atomic mass is 10.1. The van der Waals surface area contributed by atoms with Crippen molar-refractivity contribution in [2.45, 2.75) is 32.7 Å². The van der Waals surface area contributed by atoms with E-state index in [1.54, 1.807) is 6.92 Å². The Labute approximate surface area is 88.9 Å². The standard InChI is InChI=1S/C9H16ClNO3/c1-3-5-7(9(13)14-4-2)11-8(12)6-10/h7H,3-6H2,1-2H3,(H,11,12)/t7-/m0/s1. The van der Waals surface area contributed by atoms with Crippen molar-refractivity contribution in [1.82, 2.24) is 5.32 Å². The minimum atomic E-state index is -0.564. The number of halogens is 1. The van der Waals surface area contributed by atoms with Crippen LogP contribution < -0.4 is 5.32 Å². The molecule has 0 fully saturated rings. The summed E-state index contributed by atoms with van der Waals surface area (Å²) in [6.07, 6.45) is 1.37. The second-order valence-corrected chi connectivity index (χ2v) is 3.06. The SMILES string of the molecule is CCC[C@H](NC(=O)CCl)C(=O)OCC. The van der Waals surface area contributed by atoms with Crippen molar-refractivity contribution in [3.05, 3.63) is 0 Å². The average Bonchev–Trinajstić information content (AvgIpc) is 2.17. The molecule has 0 bridgehead atoms. The first-order chi connectivity index (χ1) is 6.65. The zero-order chi connectivity index (χ0) is 11.0. The minimum absolute atomic E-state index is 0.139. The molecular weight excluding hydrogens is 206 g/mol. The molecule has 0 aliphatic rings. The Kier molecular flexibility index (Phi) is 7.20. The van der Waals surface area contributed by atoms with E-state index in [9.17, 15) is 9.59 Å². The summed E-state index contributed by atoms with van der Waals surface area (Å²) in [5, 5.41) is 2.51. The van der Waals surface area contributed by atoms with Crippen LogP contribution >= 0.6 is 11.6 Å². The van der Waals surface area contributed by atoms with Gasteiger partial charge in [-0.15, -0.1) is 11.6 Å². The van der Waals surface area contributed by atoms with E-state index in [1.165, 1.54) is 0 Å². The first-order valence-electron chi connectivity index (χ1n) is 4.67. The monoisotopic (exact) mass is 221 g/mol. The molecule has 1 amide bonds. The van der Waals surface area contributed by atoms with Crippen LogP contribution in [0.3, 0.4) is 0 Å². The molecule has 0 unspecified atom stereocenters. The van der Waals surface area contributed by atoms with E-state index in [0.29, 0.717) is 13.0 Å². The van der Waals surface area contributed by atoms with Crippen LogP contribution in [0.4, 0.5) is 0 Å². The number of carbonyl (C=O) groups is 2. The summed E-state index contributed by atoms with van der Waals surface area (Å²) in [6.45, 7) is 3.97. The van der Waals surface area contributed by atoms with Gasteiger partial charge in [-0.3, -0.25) is 4.79 Å². The second kappa shape index (κ2) is 7.62. The number of carbonyl (C=O) groups excluding carboxylic acids is 2. The number of hydrogen-bond donors (Lipinski definition) is 1. The molecule has 0 radical (unpaired) electrons. The van der Waals surface area contributed by atoms with Gasteiger partial charge < -0.3 is 10.1 Å².